The van der Waals surface area contributed by atoms with Gasteiger partial charge < -0.3 is 10.1 Å². The number of hydrogen-bond acceptors (Lipinski definition) is 3. The van der Waals surface area contributed by atoms with Crippen LogP contribution in [0.4, 0.5) is 23.2 Å². The third-order valence-electron chi connectivity index (χ3n) is 4.22. The Kier molecular flexibility index (Phi) is 7.45. The van der Waals surface area contributed by atoms with Gasteiger partial charge >= 0.3 is 12.3 Å². The molecule has 31 heavy (non-hydrogen) atoms. The second-order valence-electron chi connectivity index (χ2n) is 6.76. The number of rotatable bonds is 9. The number of nitrogens with zero attached hydrogens (tertiary/aromatic N) is 2. The molecule has 10 heteroatoms. The van der Waals surface area contributed by atoms with E-state index in [2.05, 4.69) is 31.1 Å². The predicted octanol–water partition coefficient (Wildman–Crippen LogP) is 5.36. The summed E-state index contributed by atoms with van der Waals surface area (Å²) in [5.74, 6) is -4.64. The summed E-state index contributed by atoms with van der Waals surface area (Å²) in [7, 11) is 0. The number of nitrogens with one attached hydrogen (secondary N) is 1. The Hall–Kier alpha value is -2.72. The first-order chi connectivity index (χ1) is 14.7. The van der Waals surface area contributed by atoms with E-state index in [1.165, 1.54) is 12.3 Å². The van der Waals surface area contributed by atoms with Gasteiger partial charge in [-0.2, -0.15) is 13.9 Å². The highest BCUT2D eigenvalue weighted by molar-refractivity contribution is 9.10. The second-order valence-corrected chi connectivity index (χ2v) is 7.68. The monoisotopic (exact) mass is 499 g/mol. The van der Waals surface area contributed by atoms with Gasteiger partial charge in [0.25, 0.3) is 5.91 Å². The van der Waals surface area contributed by atoms with E-state index >= 15 is 0 Å². The molecule has 5 nitrogen and oxygen atoms in total. The highest BCUT2D eigenvalue weighted by atomic mass is 79.9. The molecule has 0 spiro atoms. The lowest BCUT2D eigenvalue weighted by molar-refractivity contribution is -0.168. The van der Waals surface area contributed by atoms with Gasteiger partial charge in [0, 0.05) is 16.2 Å². The van der Waals surface area contributed by atoms with Crippen molar-refractivity contribution in [3.63, 3.8) is 0 Å². The highest BCUT2D eigenvalue weighted by Crippen LogP contribution is 2.23. The summed E-state index contributed by atoms with van der Waals surface area (Å²) in [4.78, 5) is 12.5. The molecule has 1 heterocycles. The molecule has 0 atom stereocenters. The van der Waals surface area contributed by atoms with Crippen molar-refractivity contribution in [2.24, 2.45) is 0 Å². The minimum atomic E-state index is -4.22. The number of amides is 1. The molecule has 1 aromatic heterocycles. The maximum absolute atomic E-state index is 12.9. The highest BCUT2D eigenvalue weighted by Gasteiger charge is 2.40. The average Bonchev–Trinajstić information content (AvgIpc) is 3.16. The van der Waals surface area contributed by atoms with Gasteiger partial charge in [0.1, 0.15) is 6.61 Å². The van der Waals surface area contributed by atoms with Crippen LogP contribution in [0, 0.1) is 0 Å². The van der Waals surface area contributed by atoms with Crippen molar-refractivity contribution < 1.29 is 27.1 Å². The molecule has 1 amide bonds. The molecule has 1 N–H and O–H groups in total. The Morgan fingerprint density at radius 2 is 1.90 bits per heavy atom. The Balaban J connectivity index is 1.56. The number of halogens is 5. The van der Waals surface area contributed by atoms with Crippen molar-refractivity contribution >= 4 is 27.5 Å². The number of benzene rings is 2. The predicted molar refractivity (Wildman–Crippen MR) is 110 cm³/mol. The molecule has 0 aliphatic rings. The third-order valence-corrected chi connectivity index (χ3v) is 4.75. The maximum atomic E-state index is 12.9. The fraction of sp³-hybridized carbons (Fsp3) is 0.238. The largest absolute Gasteiger partial charge is 0.370 e. The molecular weight excluding hydrogens is 482 g/mol. The van der Waals surface area contributed by atoms with Crippen molar-refractivity contribution in [1.29, 1.82) is 0 Å². The minimum absolute atomic E-state index is 0.266. The fourth-order valence-electron chi connectivity index (χ4n) is 2.67. The van der Waals surface area contributed by atoms with E-state index < -0.39 is 24.9 Å². The molecule has 0 radical (unpaired) electrons. The molecule has 0 saturated heterocycles. The third kappa shape index (κ3) is 6.63. The van der Waals surface area contributed by atoms with E-state index in [9.17, 15) is 22.4 Å². The summed E-state index contributed by atoms with van der Waals surface area (Å²) < 4.78 is 57.5. The van der Waals surface area contributed by atoms with E-state index in [1.807, 2.05) is 24.3 Å². The summed E-state index contributed by atoms with van der Waals surface area (Å²) in [6.07, 6.45) is -0.607. The number of carbonyl (C=O) groups excluding carboxylic acids is 1. The van der Waals surface area contributed by atoms with Crippen LogP contribution in [0.15, 0.2) is 65.4 Å². The summed E-state index contributed by atoms with van der Waals surface area (Å²) >= 11 is 3.38. The molecule has 164 valence electrons. The van der Waals surface area contributed by atoms with E-state index in [0.717, 1.165) is 10.0 Å². The van der Waals surface area contributed by atoms with Crippen LogP contribution in [0.5, 0.6) is 0 Å². The fourth-order valence-corrected chi connectivity index (χ4v) is 2.93. The number of ether oxygens (including phenoxy) is 1. The van der Waals surface area contributed by atoms with Gasteiger partial charge in [0.2, 0.25) is 0 Å². The van der Waals surface area contributed by atoms with Crippen LogP contribution >= 0.6 is 15.9 Å². The van der Waals surface area contributed by atoms with Gasteiger partial charge in [-0.05, 0) is 35.4 Å². The zero-order valence-electron chi connectivity index (χ0n) is 16.1. The Labute approximate surface area is 184 Å². The maximum Gasteiger partial charge on any atom is 0.330 e. The molecule has 0 fully saturated rings. The number of aromatic nitrogens is 2. The Morgan fingerprint density at radius 1 is 1.16 bits per heavy atom. The topological polar surface area (TPSA) is 56.2 Å². The van der Waals surface area contributed by atoms with Crippen LogP contribution in [0.2, 0.25) is 0 Å². The van der Waals surface area contributed by atoms with Crippen LogP contribution < -0.4 is 5.32 Å². The molecule has 0 aliphatic carbocycles. The summed E-state index contributed by atoms with van der Waals surface area (Å²) in [6, 6.07) is 13.8. The van der Waals surface area contributed by atoms with Gasteiger partial charge in [0.05, 0.1) is 25.0 Å². The minimum Gasteiger partial charge on any atom is -0.370 e. The lowest BCUT2D eigenvalue weighted by Gasteiger charge is -2.15. The number of alkyl halides is 4. The smallest absolute Gasteiger partial charge is 0.330 e. The molecule has 3 rings (SSSR count). The Bertz CT molecular complexity index is 1030. The van der Waals surface area contributed by atoms with Crippen molar-refractivity contribution in [2.45, 2.75) is 25.5 Å². The lowest BCUT2D eigenvalue weighted by atomic mass is 10.1. The van der Waals surface area contributed by atoms with E-state index in [-0.39, 0.29) is 12.2 Å². The molecule has 3 aromatic rings. The van der Waals surface area contributed by atoms with Crippen LogP contribution in [0.1, 0.15) is 21.5 Å². The molecule has 0 saturated carbocycles. The number of hydrogen-bond donors (Lipinski definition) is 1. The summed E-state index contributed by atoms with van der Waals surface area (Å²) in [5, 5.41) is 6.92. The number of carbonyl (C=O) groups is 1. The van der Waals surface area contributed by atoms with Crippen LogP contribution in [0.3, 0.4) is 0 Å². The van der Waals surface area contributed by atoms with Crippen molar-refractivity contribution in [3.05, 3.63) is 82.1 Å². The van der Waals surface area contributed by atoms with Gasteiger partial charge in [-0.15, -0.1) is 0 Å². The summed E-state index contributed by atoms with van der Waals surface area (Å²) in [5.41, 5.74) is 2.20. The molecular formula is C21H18BrF4N3O2. The van der Waals surface area contributed by atoms with Crippen molar-refractivity contribution in [3.8, 4) is 0 Å². The van der Waals surface area contributed by atoms with E-state index in [4.69, 9.17) is 0 Å². The van der Waals surface area contributed by atoms with Gasteiger partial charge in [0.15, 0.2) is 0 Å². The first-order valence-corrected chi connectivity index (χ1v) is 9.93. The quantitative estimate of drug-likeness (QED) is 0.403. The number of anilines is 1. The first-order valence-electron chi connectivity index (χ1n) is 9.14. The van der Waals surface area contributed by atoms with Gasteiger partial charge in [-0.25, -0.2) is 8.78 Å². The summed E-state index contributed by atoms with van der Waals surface area (Å²) in [6.45, 7) is -1.20. The van der Waals surface area contributed by atoms with E-state index in [0.29, 0.717) is 17.8 Å². The zero-order chi connectivity index (χ0) is 22.4. The van der Waals surface area contributed by atoms with Crippen LogP contribution in [-0.2, 0) is 17.9 Å². The van der Waals surface area contributed by atoms with E-state index in [1.54, 1.807) is 29.1 Å². The molecule has 2 aromatic carbocycles. The Morgan fingerprint density at radius 3 is 2.61 bits per heavy atom. The zero-order valence-corrected chi connectivity index (χ0v) is 17.7. The van der Waals surface area contributed by atoms with Gasteiger partial charge in [-0.3, -0.25) is 9.48 Å². The second kappa shape index (κ2) is 10.1. The standard InChI is InChI=1S/C21H18BrF4N3O2/c22-17-6-4-14(5-7-17)10-29-11-18(9-27-29)28-19(30)16-3-1-2-15(8-16)12-31-13-21(25,26)20(23)24/h1-9,11,20H,10,12-13H2,(H,28,30). The lowest BCUT2D eigenvalue weighted by Crippen LogP contribution is -2.32. The average molecular weight is 500 g/mol. The van der Waals surface area contributed by atoms with Crippen molar-refractivity contribution in [1.82, 2.24) is 9.78 Å². The molecule has 0 unspecified atom stereocenters. The molecule has 0 aliphatic heterocycles. The molecule has 0 bridgehead atoms. The normalized spacial score (nSPS) is 11.7. The van der Waals surface area contributed by atoms with Crippen LogP contribution in [0.25, 0.3) is 0 Å². The van der Waals surface area contributed by atoms with Crippen LogP contribution in [-0.4, -0.2) is 34.6 Å². The first kappa shape index (κ1) is 23.0. The van der Waals surface area contributed by atoms with Crippen molar-refractivity contribution in [2.75, 3.05) is 11.9 Å². The van der Waals surface area contributed by atoms with Gasteiger partial charge in [-0.1, -0.05) is 40.2 Å². The SMILES string of the molecule is O=C(Nc1cnn(Cc2ccc(Br)cc2)c1)c1cccc(COCC(F)(F)C(F)F)c1.